The van der Waals surface area contributed by atoms with Crippen LogP contribution in [0.2, 0.25) is 0 Å². The minimum absolute atomic E-state index is 0.0806. The maximum atomic E-state index is 13.1. The number of benzene rings is 1. The van der Waals surface area contributed by atoms with Crippen molar-refractivity contribution >= 4 is 0 Å². The average molecular weight is 275 g/mol. The van der Waals surface area contributed by atoms with E-state index in [-0.39, 0.29) is 11.9 Å². The van der Waals surface area contributed by atoms with Crippen molar-refractivity contribution in [2.24, 2.45) is 0 Å². The Kier molecular flexibility index (Phi) is 3.69. The molecule has 0 amide bonds. The second-order valence-corrected chi connectivity index (χ2v) is 5.26. The lowest BCUT2D eigenvalue weighted by Crippen LogP contribution is -2.37. The molecule has 0 aliphatic carbocycles. The first kappa shape index (κ1) is 13.1. The van der Waals surface area contributed by atoms with E-state index in [0.29, 0.717) is 6.04 Å². The third-order valence-electron chi connectivity index (χ3n) is 3.50. The van der Waals surface area contributed by atoms with Gasteiger partial charge in [-0.3, -0.25) is 0 Å². The zero-order valence-corrected chi connectivity index (χ0v) is 11.4. The highest BCUT2D eigenvalue weighted by Gasteiger charge is 2.23. The molecule has 2 aromatic rings. The van der Waals surface area contributed by atoms with E-state index < -0.39 is 0 Å². The predicted octanol–water partition coefficient (Wildman–Crippen LogP) is 2.00. The molecule has 0 bridgehead atoms. The quantitative estimate of drug-likeness (QED) is 0.907. The fourth-order valence-electron chi connectivity index (χ4n) is 2.51. The highest BCUT2D eigenvalue weighted by molar-refractivity contribution is 5.37. The zero-order valence-electron chi connectivity index (χ0n) is 11.4. The minimum Gasteiger partial charge on any atom is -0.488 e. The number of nitrogens with zero attached hydrogens (tertiary/aromatic N) is 2. The Morgan fingerprint density at radius 1 is 1.55 bits per heavy atom. The Balaban J connectivity index is 1.48. The maximum absolute atomic E-state index is 13.1. The third kappa shape index (κ3) is 2.99. The molecule has 1 aromatic heterocycles. The maximum Gasteiger partial charge on any atom is 0.123 e. The average Bonchev–Trinajstić information content (AvgIpc) is 3.04. The largest absolute Gasteiger partial charge is 0.488 e. The number of aromatic nitrogens is 2. The smallest absolute Gasteiger partial charge is 0.123 e. The van der Waals surface area contributed by atoms with Gasteiger partial charge in [-0.2, -0.15) is 0 Å². The summed E-state index contributed by atoms with van der Waals surface area (Å²) < 4.78 is 21.0. The number of ether oxygens (including phenoxy) is 1. The summed E-state index contributed by atoms with van der Waals surface area (Å²) in [6.07, 6.45) is 6.37. The lowest BCUT2D eigenvalue weighted by atomic mass is 10.1. The van der Waals surface area contributed by atoms with Crippen LogP contribution < -0.4 is 10.1 Å². The van der Waals surface area contributed by atoms with Gasteiger partial charge in [-0.05, 0) is 25.1 Å². The van der Waals surface area contributed by atoms with E-state index in [1.165, 1.54) is 6.07 Å². The van der Waals surface area contributed by atoms with E-state index in [9.17, 15) is 4.39 Å². The highest BCUT2D eigenvalue weighted by atomic mass is 19.1. The van der Waals surface area contributed by atoms with Crippen LogP contribution >= 0.6 is 0 Å². The summed E-state index contributed by atoms with van der Waals surface area (Å²) in [6.45, 7) is 3.75. The fourth-order valence-corrected chi connectivity index (χ4v) is 2.51. The lowest BCUT2D eigenvalue weighted by molar-refractivity contribution is 0.220. The van der Waals surface area contributed by atoms with Crippen LogP contribution in [0.4, 0.5) is 4.39 Å². The van der Waals surface area contributed by atoms with E-state index in [1.54, 1.807) is 18.3 Å². The van der Waals surface area contributed by atoms with Gasteiger partial charge in [0, 0.05) is 43.5 Å². The first-order valence-corrected chi connectivity index (χ1v) is 6.85. The topological polar surface area (TPSA) is 39.1 Å². The molecule has 0 saturated carbocycles. The van der Waals surface area contributed by atoms with Crippen LogP contribution in [-0.2, 0) is 13.0 Å². The van der Waals surface area contributed by atoms with E-state index in [0.717, 1.165) is 30.8 Å². The summed E-state index contributed by atoms with van der Waals surface area (Å²) in [5.74, 6) is 0.606. The number of hydrogen-bond acceptors (Lipinski definition) is 3. The van der Waals surface area contributed by atoms with Gasteiger partial charge in [-0.25, -0.2) is 9.37 Å². The number of imidazole rings is 1. The van der Waals surface area contributed by atoms with E-state index in [1.807, 2.05) is 17.1 Å². The van der Waals surface area contributed by atoms with Gasteiger partial charge in [0.1, 0.15) is 17.7 Å². The molecular formula is C15H18FN3O. The van der Waals surface area contributed by atoms with Crippen LogP contribution in [0.15, 0.2) is 36.9 Å². The second kappa shape index (κ2) is 5.63. The van der Waals surface area contributed by atoms with Crippen LogP contribution in [-0.4, -0.2) is 28.2 Å². The number of fused-ring (bicyclic) bond motifs is 1. The van der Waals surface area contributed by atoms with Gasteiger partial charge in [0.2, 0.25) is 0 Å². The summed E-state index contributed by atoms with van der Waals surface area (Å²) >= 11 is 0. The molecule has 2 atom stereocenters. The lowest BCUT2D eigenvalue weighted by Gasteiger charge is -2.17. The van der Waals surface area contributed by atoms with Gasteiger partial charge < -0.3 is 14.6 Å². The molecule has 20 heavy (non-hydrogen) atoms. The zero-order chi connectivity index (χ0) is 13.9. The van der Waals surface area contributed by atoms with Gasteiger partial charge in [0.25, 0.3) is 0 Å². The number of halogens is 1. The summed E-state index contributed by atoms with van der Waals surface area (Å²) in [6, 6.07) is 5.04. The molecule has 3 rings (SSSR count). The first-order valence-electron chi connectivity index (χ1n) is 6.85. The first-order chi connectivity index (χ1) is 9.70. The molecule has 0 saturated heterocycles. The second-order valence-electron chi connectivity index (χ2n) is 5.26. The van der Waals surface area contributed by atoms with Crippen LogP contribution in [0.1, 0.15) is 12.5 Å². The molecule has 0 radical (unpaired) electrons. The van der Waals surface area contributed by atoms with Gasteiger partial charge in [-0.15, -0.1) is 0 Å². The summed E-state index contributed by atoms with van der Waals surface area (Å²) in [5, 5.41) is 3.44. The normalized spacial score (nSPS) is 18.6. The summed E-state index contributed by atoms with van der Waals surface area (Å²) in [4.78, 5) is 4.02. The fraction of sp³-hybridized carbons (Fsp3) is 0.400. The van der Waals surface area contributed by atoms with Crippen LogP contribution in [0.3, 0.4) is 0 Å². The third-order valence-corrected chi connectivity index (χ3v) is 3.50. The highest BCUT2D eigenvalue weighted by Crippen LogP contribution is 2.28. The van der Waals surface area contributed by atoms with Crippen molar-refractivity contribution in [1.82, 2.24) is 14.9 Å². The molecule has 1 N–H and O–H groups in total. The molecule has 2 heterocycles. The van der Waals surface area contributed by atoms with Crippen molar-refractivity contribution in [1.29, 1.82) is 0 Å². The molecule has 0 spiro atoms. The van der Waals surface area contributed by atoms with Crippen LogP contribution in [0, 0.1) is 5.82 Å². The van der Waals surface area contributed by atoms with Crippen molar-refractivity contribution in [3.05, 3.63) is 48.3 Å². The number of nitrogens with one attached hydrogen (secondary N) is 1. The molecule has 4 nitrogen and oxygen atoms in total. The molecular weight excluding hydrogens is 257 g/mol. The Labute approximate surface area is 117 Å². The molecule has 1 aliphatic heterocycles. The predicted molar refractivity (Wildman–Crippen MR) is 74.2 cm³/mol. The Bertz CT molecular complexity index is 571. The Morgan fingerprint density at radius 2 is 2.45 bits per heavy atom. The molecule has 106 valence electrons. The number of hydrogen-bond donors (Lipinski definition) is 1. The SMILES string of the molecule is CC(Cn1ccnc1)NCC1Cc2cc(F)ccc2O1. The molecule has 2 unspecified atom stereocenters. The molecule has 1 aliphatic rings. The van der Waals surface area contributed by atoms with Gasteiger partial charge in [-0.1, -0.05) is 0 Å². The van der Waals surface area contributed by atoms with Gasteiger partial charge in [0.15, 0.2) is 0 Å². The van der Waals surface area contributed by atoms with Crippen LogP contribution in [0.5, 0.6) is 5.75 Å². The van der Waals surface area contributed by atoms with Crippen molar-refractivity contribution < 1.29 is 9.13 Å². The minimum atomic E-state index is -0.200. The summed E-state index contributed by atoms with van der Waals surface area (Å²) in [5.41, 5.74) is 0.957. The van der Waals surface area contributed by atoms with Crippen molar-refractivity contribution in [3.8, 4) is 5.75 Å². The molecule has 1 aromatic carbocycles. The van der Waals surface area contributed by atoms with E-state index in [2.05, 4.69) is 17.2 Å². The molecule has 5 heteroatoms. The standard InChI is InChI=1S/C15H18FN3O/c1-11(9-19-5-4-17-10-19)18-8-14-7-12-6-13(16)2-3-15(12)20-14/h2-6,10-11,14,18H,7-9H2,1H3. The Morgan fingerprint density at radius 3 is 3.25 bits per heavy atom. The van der Waals surface area contributed by atoms with Crippen molar-refractivity contribution in [3.63, 3.8) is 0 Å². The van der Waals surface area contributed by atoms with Crippen molar-refractivity contribution in [2.75, 3.05) is 6.54 Å². The van der Waals surface area contributed by atoms with E-state index in [4.69, 9.17) is 4.74 Å². The van der Waals surface area contributed by atoms with Gasteiger partial charge >= 0.3 is 0 Å². The monoisotopic (exact) mass is 275 g/mol. The number of rotatable bonds is 5. The van der Waals surface area contributed by atoms with Gasteiger partial charge in [0.05, 0.1) is 6.33 Å². The Hall–Kier alpha value is -1.88. The summed E-state index contributed by atoms with van der Waals surface area (Å²) in [7, 11) is 0. The van der Waals surface area contributed by atoms with Crippen LogP contribution in [0.25, 0.3) is 0 Å². The molecule has 0 fully saturated rings. The van der Waals surface area contributed by atoms with Crippen molar-refractivity contribution in [2.45, 2.75) is 32.0 Å². The van der Waals surface area contributed by atoms with E-state index >= 15 is 0 Å².